The van der Waals surface area contributed by atoms with Gasteiger partial charge in [0, 0.05) is 31.7 Å². The number of hydrogen-bond acceptors (Lipinski definition) is 2. The van der Waals surface area contributed by atoms with Crippen LogP contribution >= 0.6 is 0 Å². The van der Waals surface area contributed by atoms with Crippen LogP contribution in [0, 0.1) is 17.3 Å². The minimum absolute atomic E-state index is 0.477. The highest BCUT2D eigenvalue weighted by molar-refractivity contribution is 4.90. The molecule has 3 aliphatic rings. The van der Waals surface area contributed by atoms with Crippen LogP contribution in [0.25, 0.3) is 0 Å². The molecular formula is C19H36N2. The van der Waals surface area contributed by atoms with Crippen molar-refractivity contribution >= 4 is 0 Å². The van der Waals surface area contributed by atoms with Gasteiger partial charge >= 0.3 is 0 Å². The first-order chi connectivity index (χ1) is 9.98. The fourth-order valence-corrected chi connectivity index (χ4v) is 4.68. The third-order valence-corrected chi connectivity index (χ3v) is 5.55. The van der Waals surface area contributed by atoms with Gasteiger partial charge in [0.1, 0.15) is 0 Å². The Kier molecular flexibility index (Phi) is 4.95. The maximum absolute atomic E-state index is 4.02. The summed E-state index contributed by atoms with van der Waals surface area (Å²) in [6, 6.07) is 1.58. The molecule has 0 spiro atoms. The zero-order chi connectivity index (χ0) is 14.9. The van der Waals surface area contributed by atoms with Crippen molar-refractivity contribution in [1.82, 2.24) is 10.2 Å². The molecule has 2 saturated carbocycles. The van der Waals surface area contributed by atoms with Gasteiger partial charge < -0.3 is 10.2 Å². The Hall–Kier alpha value is -0.0800. The second-order valence-electron chi connectivity index (χ2n) is 9.37. The first-order valence-corrected chi connectivity index (χ1v) is 9.46. The van der Waals surface area contributed by atoms with Crippen molar-refractivity contribution in [2.24, 2.45) is 17.3 Å². The largest absolute Gasteiger partial charge is 0.310 e. The molecule has 21 heavy (non-hydrogen) atoms. The van der Waals surface area contributed by atoms with Gasteiger partial charge in [0.25, 0.3) is 0 Å². The monoisotopic (exact) mass is 292 g/mol. The summed E-state index contributed by atoms with van der Waals surface area (Å²) in [5.41, 5.74) is 0.477. The van der Waals surface area contributed by atoms with E-state index in [0.29, 0.717) is 5.41 Å². The summed E-state index contributed by atoms with van der Waals surface area (Å²) in [5, 5.41) is 4.02. The van der Waals surface area contributed by atoms with Crippen LogP contribution in [0.5, 0.6) is 0 Å². The van der Waals surface area contributed by atoms with Crippen molar-refractivity contribution in [1.29, 1.82) is 0 Å². The molecule has 122 valence electrons. The minimum atomic E-state index is 0.477. The quantitative estimate of drug-likeness (QED) is 0.822. The lowest BCUT2D eigenvalue weighted by atomic mass is 9.80. The van der Waals surface area contributed by atoms with E-state index in [0.717, 1.165) is 23.9 Å². The molecule has 3 fully saturated rings. The number of nitrogens with zero attached hydrogens (tertiary/aromatic N) is 1. The number of piperidine rings is 1. The molecule has 3 rings (SSSR count). The Balaban J connectivity index is 1.55. The summed E-state index contributed by atoms with van der Waals surface area (Å²) in [7, 11) is 0. The predicted octanol–water partition coefficient (Wildman–Crippen LogP) is 4.06. The molecule has 2 aliphatic carbocycles. The first-order valence-electron chi connectivity index (χ1n) is 9.46. The lowest BCUT2D eigenvalue weighted by molar-refractivity contribution is 0.105. The molecule has 2 nitrogen and oxygen atoms in total. The summed E-state index contributed by atoms with van der Waals surface area (Å²) in [6.45, 7) is 11.3. The Morgan fingerprint density at radius 1 is 0.905 bits per heavy atom. The average Bonchev–Trinajstić information content (AvgIpc) is 3.01. The van der Waals surface area contributed by atoms with Gasteiger partial charge in [-0.1, -0.05) is 33.6 Å². The van der Waals surface area contributed by atoms with Crippen LogP contribution < -0.4 is 5.32 Å². The molecule has 0 bridgehead atoms. The Bertz CT molecular complexity index is 323. The van der Waals surface area contributed by atoms with Gasteiger partial charge in [-0.3, -0.25) is 0 Å². The molecule has 0 aromatic heterocycles. The van der Waals surface area contributed by atoms with E-state index < -0.39 is 0 Å². The molecule has 1 aliphatic heterocycles. The third-order valence-electron chi connectivity index (χ3n) is 5.55. The zero-order valence-electron chi connectivity index (χ0n) is 14.5. The summed E-state index contributed by atoms with van der Waals surface area (Å²) >= 11 is 0. The number of rotatable bonds is 5. The normalized spacial score (nSPS) is 32.7. The van der Waals surface area contributed by atoms with Gasteiger partial charge in [-0.2, -0.15) is 0 Å². The minimum Gasteiger partial charge on any atom is -0.310 e. The smallest absolute Gasteiger partial charge is 0.0200 e. The molecule has 2 heteroatoms. The van der Waals surface area contributed by atoms with Crippen LogP contribution in [0.3, 0.4) is 0 Å². The van der Waals surface area contributed by atoms with Gasteiger partial charge in [0.05, 0.1) is 0 Å². The fourth-order valence-electron chi connectivity index (χ4n) is 4.68. The molecule has 0 aromatic carbocycles. The Morgan fingerprint density at radius 3 is 2.24 bits per heavy atom. The molecule has 0 aromatic rings. The molecule has 2 atom stereocenters. The first kappa shape index (κ1) is 15.8. The second-order valence-corrected chi connectivity index (χ2v) is 9.37. The molecule has 1 heterocycles. The van der Waals surface area contributed by atoms with E-state index in [1.165, 1.54) is 71.0 Å². The summed E-state index contributed by atoms with van der Waals surface area (Å²) < 4.78 is 0. The standard InChI is InChI=1S/C19H36N2/c1-19(2,3)11-16-10-18(20-17-6-4-5-7-17)14-21(13-16)12-15-8-9-15/h15-18,20H,4-14H2,1-3H3. The van der Waals surface area contributed by atoms with E-state index in [2.05, 4.69) is 31.0 Å². The number of nitrogens with one attached hydrogen (secondary N) is 1. The molecule has 1 saturated heterocycles. The highest BCUT2D eigenvalue weighted by Crippen LogP contribution is 2.34. The van der Waals surface area contributed by atoms with Crippen molar-refractivity contribution in [3.63, 3.8) is 0 Å². The van der Waals surface area contributed by atoms with E-state index in [-0.39, 0.29) is 0 Å². The molecule has 1 N–H and O–H groups in total. The van der Waals surface area contributed by atoms with Crippen molar-refractivity contribution in [2.75, 3.05) is 19.6 Å². The second kappa shape index (κ2) is 6.58. The average molecular weight is 293 g/mol. The van der Waals surface area contributed by atoms with Crippen LogP contribution in [0.15, 0.2) is 0 Å². The van der Waals surface area contributed by atoms with Crippen LogP contribution in [0.1, 0.15) is 72.1 Å². The van der Waals surface area contributed by atoms with Gasteiger partial charge in [0.2, 0.25) is 0 Å². The highest BCUT2D eigenvalue weighted by atomic mass is 15.2. The molecular weight excluding hydrogens is 256 g/mol. The van der Waals surface area contributed by atoms with Gasteiger partial charge in [-0.25, -0.2) is 0 Å². The van der Waals surface area contributed by atoms with Crippen molar-refractivity contribution in [3.05, 3.63) is 0 Å². The van der Waals surface area contributed by atoms with Crippen LogP contribution in [-0.2, 0) is 0 Å². The molecule has 0 radical (unpaired) electrons. The maximum atomic E-state index is 4.02. The van der Waals surface area contributed by atoms with Crippen molar-refractivity contribution in [3.8, 4) is 0 Å². The lowest BCUT2D eigenvalue weighted by Gasteiger charge is -2.41. The maximum Gasteiger partial charge on any atom is 0.0200 e. The van der Waals surface area contributed by atoms with Crippen LogP contribution in [0.4, 0.5) is 0 Å². The topological polar surface area (TPSA) is 15.3 Å². The van der Waals surface area contributed by atoms with Crippen LogP contribution in [0.2, 0.25) is 0 Å². The van der Waals surface area contributed by atoms with Gasteiger partial charge in [0.15, 0.2) is 0 Å². The van der Waals surface area contributed by atoms with E-state index >= 15 is 0 Å². The van der Waals surface area contributed by atoms with Gasteiger partial charge in [-0.05, 0) is 55.8 Å². The van der Waals surface area contributed by atoms with Crippen molar-refractivity contribution < 1.29 is 0 Å². The molecule has 2 unspecified atom stereocenters. The number of likely N-dealkylation sites (tertiary alicyclic amines) is 1. The SMILES string of the molecule is CC(C)(C)CC1CC(NC2CCCC2)CN(CC2CC2)C1. The molecule has 0 amide bonds. The summed E-state index contributed by atoms with van der Waals surface area (Å²) in [5.74, 6) is 1.93. The fraction of sp³-hybridized carbons (Fsp3) is 1.00. The highest BCUT2D eigenvalue weighted by Gasteiger charge is 2.34. The van der Waals surface area contributed by atoms with Crippen molar-refractivity contribution in [2.45, 2.75) is 84.2 Å². The Labute approximate surface area is 132 Å². The van der Waals surface area contributed by atoms with Gasteiger partial charge in [-0.15, -0.1) is 0 Å². The lowest BCUT2D eigenvalue weighted by Crippen LogP contribution is -2.52. The summed E-state index contributed by atoms with van der Waals surface area (Å²) in [4.78, 5) is 2.80. The predicted molar refractivity (Wildman–Crippen MR) is 90.5 cm³/mol. The van der Waals surface area contributed by atoms with E-state index in [4.69, 9.17) is 0 Å². The van der Waals surface area contributed by atoms with Crippen LogP contribution in [-0.4, -0.2) is 36.6 Å². The summed E-state index contributed by atoms with van der Waals surface area (Å²) in [6.07, 6.45) is 11.5. The van der Waals surface area contributed by atoms with E-state index in [1.54, 1.807) is 0 Å². The Morgan fingerprint density at radius 2 is 1.62 bits per heavy atom. The third kappa shape index (κ3) is 5.25. The number of hydrogen-bond donors (Lipinski definition) is 1. The van der Waals surface area contributed by atoms with E-state index in [1.807, 2.05) is 0 Å². The zero-order valence-corrected chi connectivity index (χ0v) is 14.5. The van der Waals surface area contributed by atoms with E-state index in [9.17, 15) is 0 Å².